The number of amides is 2. The largest absolute Gasteiger partial charge is 0.495 e. The van der Waals surface area contributed by atoms with Crippen LogP contribution in [0.15, 0.2) is 42.5 Å². The molecule has 2 amide bonds. The number of anilines is 2. The lowest BCUT2D eigenvalue weighted by molar-refractivity contribution is -0.116. The van der Waals surface area contributed by atoms with Crippen molar-refractivity contribution < 1.29 is 14.3 Å². The average molecular weight is 326 g/mol. The van der Waals surface area contributed by atoms with E-state index in [0.717, 1.165) is 12.0 Å². The minimum Gasteiger partial charge on any atom is -0.495 e. The minimum absolute atomic E-state index is 0.0568. The highest BCUT2D eigenvalue weighted by Crippen LogP contribution is 2.28. The number of hydrogen-bond acceptors (Lipinski definition) is 3. The number of carbonyl (C=O) groups excluding carboxylic acids is 2. The van der Waals surface area contributed by atoms with Crippen LogP contribution in [0, 0.1) is 6.92 Å². The molecule has 0 aliphatic rings. The van der Waals surface area contributed by atoms with Gasteiger partial charge in [0.15, 0.2) is 0 Å². The maximum atomic E-state index is 12.4. The third kappa shape index (κ3) is 4.59. The summed E-state index contributed by atoms with van der Waals surface area (Å²) in [6.45, 7) is 3.88. The highest BCUT2D eigenvalue weighted by molar-refractivity contribution is 6.05. The van der Waals surface area contributed by atoms with Crippen molar-refractivity contribution in [3.05, 3.63) is 53.6 Å². The first-order valence-corrected chi connectivity index (χ1v) is 7.89. The predicted octanol–water partition coefficient (Wildman–Crippen LogP) is 3.99. The van der Waals surface area contributed by atoms with Crippen molar-refractivity contribution in [2.75, 3.05) is 17.7 Å². The number of carbonyl (C=O) groups is 2. The lowest BCUT2D eigenvalue weighted by atomic mass is 10.1. The van der Waals surface area contributed by atoms with Crippen molar-refractivity contribution in [2.24, 2.45) is 0 Å². The van der Waals surface area contributed by atoms with E-state index in [2.05, 4.69) is 10.6 Å². The standard InChI is InChI=1S/C19H22N2O3/c1-4-6-18(22)20-15-9-10-17(24-3)16(12-15)21-19(23)14-8-5-7-13(2)11-14/h5,7-12H,4,6H2,1-3H3,(H,20,22)(H,21,23). The van der Waals surface area contributed by atoms with Gasteiger partial charge in [0.05, 0.1) is 12.8 Å². The molecule has 0 saturated heterocycles. The van der Waals surface area contributed by atoms with E-state index in [1.807, 2.05) is 32.0 Å². The third-order valence-corrected chi connectivity index (χ3v) is 3.49. The zero-order chi connectivity index (χ0) is 17.5. The van der Waals surface area contributed by atoms with Crippen LogP contribution in [0.25, 0.3) is 0 Å². The van der Waals surface area contributed by atoms with Crippen LogP contribution in [0.1, 0.15) is 35.7 Å². The second-order valence-corrected chi connectivity index (χ2v) is 5.54. The van der Waals surface area contributed by atoms with Crippen molar-refractivity contribution in [2.45, 2.75) is 26.7 Å². The summed E-state index contributed by atoms with van der Waals surface area (Å²) in [5, 5.41) is 5.65. The maximum absolute atomic E-state index is 12.4. The van der Waals surface area contributed by atoms with E-state index >= 15 is 0 Å². The summed E-state index contributed by atoms with van der Waals surface area (Å²) < 4.78 is 5.29. The minimum atomic E-state index is -0.228. The molecule has 0 aliphatic carbocycles. The summed E-state index contributed by atoms with van der Waals surface area (Å²) in [6.07, 6.45) is 1.23. The number of benzene rings is 2. The smallest absolute Gasteiger partial charge is 0.255 e. The number of rotatable bonds is 6. The molecular formula is C19H22N2O3. The van der Waals surface area contributed by atoms with E-state index in [9.17, 15) is 9.59 Å². The van der Waals surface area contributed by atoms with Crippen LogP contribution in [-0.2, 0) is 4.79 Å². The van der Waals surface area contributed by atoms with Gasteiger partial charge in [-0.2, -0.15) is 0 Å². The third-order valence-electron chi connectivity index (χ3n) is 3.49. The lowest BCUT2D eigenvalue weighted by Crippen LogP contribution is -2.14. The van der Waals surface area contributed by atoms with Crippen molar-refractivity contribution in [3.63, 3.8) is 0 Å². The van der Waals surface area contributed by atoms with Crippen LogP contribution >= 0.6 is 0 Å². The zero-order valence-corrected chi connectivity index (χ0v) is 14.2. The van der Waals surface area contributed by atoms with Crippen LogP contribution in [0.4, 0.5) is 11.4 Å². The summed E-state index contributed by atoms with van der Waals surface area (Å²) in [5.41, 5.74) is 2.71. The number of nitrogens with one attached hydrogen (secondary N) is 2. The molecule has 5 heteroatoms. The second kappa shape index (κ2) is 8.15. The highest BCUT2D eigenvalue weighted by atomic mass is 16.5. The fourth-order valence-corrected chi connectivity index (χ4v) is 2.31. The van der Waals surface area contributed by atoms with Gasteiger partial charge in [-0.1, -0.05) is 24.6 Å². The van der Waals surface area contributed by atoms with Crippen LogP contribution in [0.5, 0.6) is 5.75 Å². The molecule has 0 aromatic heterocycles. The summed E-state index contributed by atoms with van der Waals surface area (Å²) in [4.78, 5) is 24.1. The first-order valence-electron chi connectivity index (χ1n) is 7.89. The molecule has 0 aliphatic heterocycles. The Labute approximate surface area is 142 Å². The van der Waals surface area contributed by atoms with Gasteiger partial charge in [0, 0.05) is 17.7 Å². The van der Waals surface area contributed by atoms with Crippen LogP contribution in [0.3, 0.4) is 0 Å². The first kappa shape index (κ1) is 17.5. The first-order chi connectivity index (χ1) is 11.5. The molecule has 24 heavy (non-hydrogen) atoms. The second-order valence-electron chi connectivity index (χ2n) is 5.54. The Morgan fingerprint density at radius 1 is 1.08 bits per heavy atom. The molecule has 0 saturated carbocycles. The van der Waals surface area contributed by atoms with Crippen molar-refractivity contribution in [1.82, 2.24) is 0 Å². The molecule has 2 N–H and O–H groups in total. The molecule has 0 fully saturated rings. The van der Waals surface area contributed by atoms with Crippen molar-refractivity contribution in [1.29, 1.82) is 0 Å². The molecule has 2 aromatic rings. The predicted molar refractivity (Wildman–Crippen MR) is 95.7 cm³/mol. The van der Waals surface area contributed by atoms with Crippen molar-refractivity contribution >= 4 is 23.2 Å². The zero-order valence-electron chi connectivity index (χ0n) is 14.2. The number of methoxy groups -OCH3 is 1. The summed E-state index contributed by atoms with van der Waals surface area (Å²) in [7, 11) is 1.53. The highest BCUT2D eigenvalue weighted by Gasteiger charge is 2.11. The summed E-state index contributed by atoms with van der Waals surface area (Å²) >= 11 is 0. The quantitative estimate of drug-likeness (QED) is 0.843. The van der Waals surface area contributed by atoms with Gasteiger partial charge in [0.1, 0.15) is 5.75 Å². The molecule has 0 unspecified atom stereocenters. The van der Waals surface area contributed by atoms with Crippen LogP contribution in [0.2, 0.25) is 0 Å². The average Bonchev–Trinajstić information content (AvgIpc) is 2.55. The number of hydrogen-bond donors (Lipinski definition) is 2. The number of ether oxygens (including phenoxy) is 1. The van der Waals surface area contributed by atoms with E-state index in [4.69, 9.17) is 4.74 Å². The molecule has 0 spiro atoms. The Balaban J connectivity index is 2.21. The number of aryl methyl sites for hydroxylation is 1. The molecule has 2 aromatic carbocycles. The van der Waals surface area contributed by atoms with Gasteiger partial charge in [-0.25, -0.2) is 0 Å². The SMILES string of the molecule is CCCC(=O)Nc1ccc(OC)c(NC(=O)c2cccc(C)c2)c1. The molecule has 2 rings (SSSR count). The van der Waals surface area contributed by atoms with Crippen LogP contribution in [-0.4, -0.2) is 18.9 Å². The van der Waals surface area contributed by atoms with Gasteiger partial charge in [0.25, 0.3) is 5.91 Å². The Morgan fingerprint density at radius 3 is 2.54 bits per heavy atom. The van der Waals surface area contributed by atoms with Gasteiger partial charge in [-0.3, -0.25) is 9.59 Å². The van der Waals surface area contributed by atoms with E-state index in [0.29, 0.717) is 29.1 Å². The molecule has 0 atom stereocenters. The Hall–Kier alpha value is -2.82. The van der Waals surface area contributed by atoms with Gasteiger partial charge in [-0.15, -0.1) is 0 Å². The monoisotopic (exact) mass is 326 g/mol. The topological polar surface area (TPSA) is 67.4 Å². The Kier molecular flexibility index (Phi) is 5.95. The molecule has 0 bridgehead atoms. The van der Waals surface area contributed by atoms with Crippen molar-refractivity contribution in [3.8, 4) is 5.75 Å². The van der Waals surface area contributed by atoms with Gasteiger partial charge in [0.2, 0.25) is 5.91 Å². The van der Waals surface area contributed by atoms with Crippen LogP contribution < -0.4 is 15.4 Å². The van der Waals surface area contributed by atoms with E-state index in [1.54, 1.807) is 24.3 Å². The van der Waals surface area contributed by atoms with E-state index < -0.39 is 0 Å². The van der Waals surface area contributed by atoms with Gasteiger partial charge < -0.3 is 15.4 Å². The molecule has 0 heterocycles. The Morgan fingerprint density at radius 2 is 1.88 bits per heavy atom. The summed E-state index contributed by atoms with van der Waals surface area (Å²) in [5.74, 6) is 0.247. The van der Waals surface area contributed by atoms with Gasteiger partial charge >= 0.3 is 0 Å². The van der Waals surface area contributed by atoms with Gasteiger partial charge in [-0.05, 0) is 43.7 Å². The molecule has 0 radical (unpaired) electrons. The van der Waals surface area contributed by atoms with E-state index in [1.165, 1.54) is 7.11 Å². The van der Waals surface area contributed by atoms with E-state index in [-0.39, 0.29) is 11.8 Å². The summed E-state index contributed by atoms with van der Waals surface area (Å²) in [6, 6.07) is 12.5. The maximum Gasteiger partial charge on any atom is 0.255 e. The lowest BCUT2D eigenvalue weighted by Gasteiger charge is -2.13. The molecule has 5 nitrogen and oxygen atoms in total. The molecular weight excluding hydrogens is 304 g/mol. The fraction of sp³-hybridized carbons (Fsp3) is 0.263. The molecule has 126 valence electrons. The fourth-order valence-electron chi connectivity index (χ4n) is 2.31. The Bertz CT molecular complexity index is 741. The normalized spacial score (nSPS) is 10.1.